The van der Waals surface area contributed by atoms with Crippen LogP contribution in [0.1, 0.15) is 23.7 Å². The van der Waals surface area contributed by atoms with E-state index in [-0.39, 0.29) is 0 Å². The number of guanidine groups is 1. The number of fused-ring (bicyclic) bond motifs is 1. The lowest BCUT2D eigenvalue weighted by Gasteiger charge is -2.13. The van der Waals surface area contributed by atoms with Gasteiger partial charge < -0.3 is 15.0 Å². The zero-order valence-electron chi connectivity index (χ0n) is 14.9. The van der Waals surface area contributed by atoms with E-state index in [9.17, 15) is 0 Å². The van der Waals surface area contributed by atoms with E-state index in [1.54, 1.807) is 7.05 Å². The number of pyridine rings is 1. The SMILES string of the molecule is CCc1ccccc1CNC(=NC)NCCc1cn2ccccc2n1. The highest BCUT2D eigenvalue weighted by Crippen LogP contribution is 2.09. The van der Waals surface area contributed by atoms with Gasteiger partial charge in [-0.25, -0.2) is 4.98 Å². The number of nitrogens with zero attached hydrogens (tertiary/aromatic N) is 3. The first-order valence-electron chi connectivity index (χ1n) is 8.74. The van der Waals surface area contributed by atoms with Gasteiger partial charge >= 0.3 is 0 Å². The van der Waals surface area contributed by atoms with Crippen LogP contribution in [0, 0.1) is 0 Å². The summed E-state index contributed by atoms with van der Waals surface area (Å²) >= 11 is 0. The molecular weight excluding hydrogens is 310 g/mol. The Morgan fingerprint density at radius 2 is 1.88 bits per heavy atom. The Labute approximate surface area is 148 Å². The fourth-order valence-corrected chi connectivity index (χ4v) is 2.89. The fourth-order valence-electron chi connectivity index (χ4n) is 2.89. The summed E-state index contributed by atoms with van der Waals surface area (Å²) in [6.07, 6.45) is 5.99. The molecule has 0 atom stereocenters. The number of benzene rings is 1. The van der Waals surface area contributed by atoms with Gasteiger partial charge in [-0.05, 0) is 29.7 Å². The second-order valence-electron chi connectivity index (χ2n) is 5.92. The lowest BCUT2D eigenvalue weighted by molar-refractivity contribution is 0.783. The Bertz CT molecular complexity index is 817. The number of nitrogens with one attached hydrogen (secondary N) is 2. The van der Waals surface area contributed by atoms with Gasteiger partial charge in [0.2, 0.25) is 0 Å². The maximum absolute atomic E-state index is 4.61. The van der Waals surface area contributed by atoms with Gasteiger partial charge in [-0.1, -0.05) is 37.3 Å². The zero-order chi connectivity index (χ0) is 17.5. The molecule has 130 valence electrons. The Balaban J connectivity index is 1.51. The summed E-state index contributed by atoms with van der Waals surface area (Å²) < 4.78 is 2.05. The smallest absolute Gasteiger partial charge is 0.191 e. The van der Waals surface area contributed by atoms with E-state index >= 15 is 0 Å². The van der Waals surface area contributed by atoms with E-state index in [0.29, 0.717) is 0 Å². The molecule has 0 aliphatic heterocycles. The van der Waals surface area contributed by atoms with Crippen molar-refractivity contribution in [2.75, 3.05) is 13.6 Å². The van der Waals surface area contributed by atoms with Crippen LogP contribution in [0.15, 0.2) is 59.9 Å². The number of imidazole rings is 1. The minimum absolute atomic E-state index is 0.776. The van der Waals surface area contributed by atoms with Crippen molar-refractivity contribution >= 4 is 11.6 Å². The quantitative estimate of drug-likeness (QED) is 0.538. The van der Waals surface area contributed by atoms with Crippen LogP contribution < -0.4 is 10.6 Å². The van der Waals surface area contributed by atoms with E-state index in [1.165, 1.54) is 11.1 Å². The molecule has 0 aliphatic rings. The van der Waals surface area contributed by atoms with Crippen LogP contribution in [0.2, 0.25) is 0 Å². The largest absolute Gasteiger partial charge is 0.356 e. The number of hydrogen-bond acceptors (Lipinski definition) is 2. The maximum Gasteiger partial charge on any atom is 0.191 e. The highest BCUT2D eigenvalue weighted by atomic mass is 15.2. The lowest BCUT2D eigenvalue weighted by Crippen LogP contribution is -2.38. The summed E-state index contributed by atoms with van der Waals surface area (Å²) in [5.41, 5.74) is 4.74. The van der Waals surface area contributed by atoms with E-state index in [1.807, 2.05) is 28.8 Å². The maximum atomic E-state index is 4.61. The minimum Gasteiger partial charge on any atom is -0.356 e. The van der Waals surface area contributed by atoms with Crippen LogP contribution in [0.5, 0.6) is 0 Å². The second kappa shape index (κ2) is 8.33. The number of hydrogen-bond donors (Lipinski definition) is 2. The van der Waals surface area contributed by atoms with Crippen LogP contribution >= 0.6 is 0 Å². The van der Waals surface area contributed by atoms with Gasteiger partial charge in [-0.3, -0.25) is 4.99 Å². The summed E-state index contributed by atoms with van der Waals surface area (Å²) in [5, 5.41) is 6.75. The van der Waals surface area contributed by atoms with E-state index < -0.39 is 0 Å². The van der Waals surface area contributed by atoms with Gasteiger partial charge in [0.25, 0.3) is 0 Å². The Morgan fingerprint density at radius 1 is 1.08 bits per heavy atom. The molecule has 2 aromatic heterocycles. The molecule has 25 heavy (non-hydrogen) atoms. The molecule has 3 rings (SSSR count). The van der Waals surface area contributed by atoms with E-state index in [4.69, 9.17) is 0 Å². The third kappa shape index (κ3) is 4.38. The van der Waals surface area contributed by atoms with Crippen molar-refractivity contribution in [3.8, 4) is 0 Å². The van der Waals surface area contributed by atoms with E-state index in [2.05, 4.69) is 58.0 Å². The lowest BCUT2D eigenvalue weighted by atomic mass is 10.1. The predicted molar refractivity (Wildman–Crippen MR) is 103 cm³/mol. The second-order valence-corrected chi connectivity index (χ2v) is 5.92. The molecule has 2 N–H and O–H groups in total. The number of aryl methyl sites for hydroxylation is 1. The van der Waals surface area contributed by atoms with Crippen molar-refractivity contribution in [2.45, 2.75) is 26.3 Å². The first-order valence-corrected chi connectivity index (χ1v) is 8.74. The summed E-state index contributed by atoms with van der Waals surface area (Å²) in [4.78, 5) is 8.92. The average Bonchev–Trinajstić information content (AvgIpc) is 3.07. The molecule has 0 fully saturated rings. The first-order chi connectivity index (χ1) is 12.3. The zero-order valence-corrected chi connectivity index (χ0v) is 14.9. The Hall–Kier alpha value is -2.82. The average molecular weight is 335 g/mol. The Morgan fingerprint density at radius 3 is 2.64 bits per heavy atom. The molecule has 0 aliphatic carbocycles. The fraction of sp³-hybridized carbons (Fsp3) is 0.300. The van der Waals surface area contributed by atoms with Crippen molar-refractivity contribution < 1.29 is 0 Å². The Kier molecular flexibility index (Phi) is 5.67. The molecule has 0 bridgehead atoms. The highest BCUT2D eigenvalue weighted by molar-refractivity contribution is 5.79. The molecule has 0 spiro atoms. The molecule has 0 unspecified atom stereocenters. The van der Waals surface area contributed by atoms with Crippen molar-refractivity contribution in [2.24, 2.45) is 4.99 Å². The van der Waals surface area contributed by atoms with E-state index in [0.717, 1.165) is 43.2 Å². The molecule has 2 heterocycles. The van der Waals surface area contributed by atoms with Gasteiger partial charge in [-0.2, -0.15) is 0 Å². The summed E-state index contributed by atoms with van der Waals surface area (Å²) in [6.45, 7) is 3.75. The first kappa shape index (κ1) is 17.0. The third-order valence-electron chi connectivity index (χ3n) is 4.26. The molecule has 1 aromatic carbocycles. The molecule has 0 saturated heterocycles. The van der Waals surface area contributed by atoms with Crippen LogP contribution in [0.25, 0.3) is 5.65 Å². The molecule has 0 amide bonds. The summed E-state index contributed by atoms with van der Waals surface area (Å²) in [7, 11) is 1.80. The predicted octanol–water partition coefficient (Wildman–Crippen LogP) is 2.80. The van der Waals surface area contributed by atoms with Gasteiger partial charge in [0.05, 0.1) is 5.69 Å². The van der Waals surface area contributed by atoms with Crippen molar-refractivity contribution in [1.29, 1.82) is 0 Å². The van der Waals surface area contributed by atoms with Gasteiger partial charge in [-0.15, -0.1) is 0 Å². The number of aliphatic imine (C=N–C) groups is 1. The number of aromatic nitrogens is 2. The molecule has 0 saturated carbocycles. The molecule has 3 aromatic rings. The van der Waals surface area contributed by atoms with Crippen LogP contribution in [-0.4, -0.2) is 28.9 Å². The van der Waals surface area contributed by atoms with Crippen LogP contribution in [0.3, 0.4) is 0 Å². The standard InChI is InChI=1S/C20H25N5/c1-3-16-8-4-5-9-17(16)14-23-20(21-2)22-12-11-18-15-25-13-7-6-10-19(25)24-18/h4-10,13,15H,3,11-12,14H2,1-2H3,(H2,21,22,23). The normalized spacial score (nSPS) is 11.7. The highest BCUT2D eigenvalue weighted by Gasteiger charge is 2.04. The monoisotopic (exact) mass is 335 g/mol. The molecule has 5 heteroatoms. The van der Waals surface area contributed by atoms with Gasteiger partial charge in [0.1, 0.15) is 5.65 Å². The number of rotatable bonds is 6. The third-order valence-corrected chi connectivity index (χ3v) is 4.26. The van der Waals surface area contributed by atoms with Crippen LogP contribution in [-0.2, 0) is 19.4 Å². The van der Waals surface area contributed by atoms with Crippen LogP contribution in [0.4, 0.5) is 0 Å². The minimum atomic E-state index is 0.776. The molecule has 5 nitrogen and oxygen atoms in total. The summed E-state index contributed by atoms with van der Waals surface area (Å²) in [6, 6.07) is 14.5. The topological polar surface area (TPSA) is 53.7 Å². The molecular formula is C20H25N5. The van der Waals surface area contributed by atoms with Gasteiger partial charge in [0, 0.05) is 39.0 Å². The van der Waals surface area contributed by atoms with Crippen molar-refractivity contribution in [3.63, 3.8) is 0 Å². The van der Waals surface area contributed by atoms with Crippen molar-refractivity contribution in [3.05, 3.63) is 71.7 Å². The molecule has 0 radical (unpaired) electrons. The van der Waals surface area contributed by atoms with Crippen molar-refractivity contribution in [1.82, 2.24) is 20.0 Å². The summed E-state index contributed by atoms with van der Waals surface area (Å²) in [5.74, 6) is 0.815. The van der Waals surface area contributed by atoms with Gasteiger partial charge in [0.15, 0.2) is 5.96 Å².